The van der Waals surface area contributed by atoms with Crippen molar-refractivity contribution in [3.8, 4) is 0 Å². The lowest BCUT2D eigenvalue weighted by Crippen LogP contribution is -2.05. The van der Waals surface area contributed by atoms with Gasteiger partial charge in [-0.2, -0.15) is 5.10 Å². The fraction of sp³-hybridized carbons (Fsp3) is 0.417. The average molecular weight is 186 g/mol. The number of hydrogen-bond acceptors (Lipinski definition) is 1. The number of H-pyrrole nitrogens is 1. The van der Waals surface area contributed by atoms with Crippen molar-refractivity contribution in [2.75, 3.05) is 0 Å². The van der Waals surface area contributed by atoms with E-state index < -0.39 is 0 Å². The van der Waals surface area contributed by atoms with Gasteiger partial charge in [0.25, 0.3) is 0 Å². The van der Waals surface area contributed by atoms with Crippen molar-refractivity contribution in [3.63, 3.8) is 0 Å². The molecular weight excluding hydrogens is 172 g/mol. The summed E-state index contributed by atoms with van der Waals surface area (Å²) >= 11 is 0. The minimum absolute atomic E-state index is 1.17. The molecule has 0 atom stereocenters. The average Bonchev–Trinajstić information content (AvgIpc) is 2.61. The van der Waals surface area contributed by atoms with Gasteiger partial charge in [-0.25, -0.2) is 0 Å². The van der Waals surface area contributed by atoms with Crippen molar-refractivity contribution >= 4 is 5.57 Å². The van der Waals surface area contributed by atoms with Gasteiger partial charge in [0.05, 0.1) is 5.69 Å². The Balaban J connectivity index is 2.19. The Hall–Kier alpha value is -1.31. The highest BCUT2D eigenvalue weighted by atomic mass is 15.1. The van der Waals surface area contributed by atoms with Crippen molar-refractivity contribution in [2.24, 2.45) is 0 Å². The van der Waals surface area contributed by atoms with Crippen LogP contribution in [0.4, 0.5) is 0 Å². The molecule has 14 heavy (non-hydrogen) atoms. The summed E-state index contributed by atoms with van der Waals surface area (Å²) in [5.74, 6) is 0. The lowest BCUT2D eigenvalue weighted by Gasteiger charge is -2.20. The molecular formula is C12H14N2. The molecule has 1 aromatic rings. The van der Waals surface area contributed by atoms with Gasteiger partial charge in [-0.1, -0.05) is 17.7 Å². The van der Waals surface area contributed by atoms with E-state index in [-0.39, 0.29) is 0 Å². The van der Waals surface area contributed by atoms with Crippen LogP contribution in [0.1, 0.15) is 36.2 Å². The maximum atomic E-state index is 4.41. The van der Waals surface area contributed by atoms with Crippen LogP contribution in [0, 0.1) is 6.92 Å². The van der Waals surface area contributed by atoms with Crippen molar-refractivity contribution < 1.29 is 0 Å². The summed E-state index contributed by atoms with van der Waals surface area (Å²) in [6.45, 7) is 2.12. The second kappa shape index (κ2) is 2.84. The van der Waals surface area contributed by atoms with E-state index >= 15 is 0 Å². The number of rotatable bonds is 0. The highest BCUT2D eigenvalue weighted by Crippen LogP contribution is 2.36. The summed E-state index contributed by atoms with van der Waals surface area (Å²) in [5, 5.41) is 7.50. The number of aromatic amines is 1. The molecule has 0 saturated carbocycles. The van der Waals surface area contributed by atoms with Crippen LogP contribution in [0.5, 0.6) is 0 Å². The number of fused-ring (bicyclic) bond motifs is 2. The van der Waals surface area contributed by atoms with Crippen LogP contribution in [0.25, 0.3) is 5.57 Å². The summed E-state index contributed by atoms with van der Waals surface area (Å²) in [6.07, 6.45) is 9.35. The van der Waals surface area contributed by atoms with E-state index in [2.05, 4.69) is 29.3 Å². The molecule has 1 heterocycles. The molecule has 0 bridgehead atoms. The fourth-order valence-corrected chi connectivity index (χ4v) is 2.47. The monoisotopic (exact) mass is 186 g/mol. The van der Waals surface area contributed by atoms with Crippen molar-refractivity contribution in [3.05, 3.63) is 34.7 Å². The third-order valence-corrected chi connectivity index (χ3v) is 3.28. The van der Waals surface area contributed by atoms with E-state index in [0.717, 1.165) is 0 Å². The molecule has 1 aromatic heterocycles. The van der Waals surface area contributed by atoms with Crippen molar-refractivity contribution in [1.82, 2.24) is 10.2 Å². The van der Waals surface area contributed by atoms with Gasteiger partial charge in [0.1, 0.15) is 0 Å². The quantitative estimate of drug-likeness (QED) is 0.663. The lowest BCUT2D eigenvalue weighted by molar-refractivity contribution is 0.823. The molecule has 0 unspecified atom stereocenters. The molecule has 0 fully saturated rings. The Kier molecular flexibility index (Phi) is 1.63. The minimum atomic E-state index is 1.17. The Morgan fingerprint density at radius 1 is 1.29 bits per heavy atom. The Morgan fingerprint density at radius 2 is 2.21 bits per heavy atom. The first kappa shape index (κ1) is 8.04. The topological polar surface area (TPSA) is 28.7 Å². The maximum absolute atomic E-state index is 4.41. The number of hydrogen-bond donors (Lipinski definition) is 1. The zero-order chi connectivity index (χ0) is 9.54. The zero-order valence-electron chi connectivity index (χ0n) is 8.43. The predicted molar refractivity (Wildman–Crippen MR) is 56.9 cm³/mol. The molecule has 3 rings (SSSR count). The Bertz CT molecular complexity index is 435. The summed E-state index contributed by atoms with van der Waals surface area (Å²) in [5.41, 5.74) is 6.87. The molecule has 0 amide bonds. The lowest BCUT2D eigenvalue weighted by atomic mass is 9.84. The van der Waals surface area contributed by atoms with Gasteiger partial charge in [0.2, 0.25) is 0 Å². The molecule has 0 saturated heterocycles. The van der Waals surface area contributed by atoms with Crippen LogP contribution in [0.2, 0.25) is 0 Å². The summed E-state index contributed by atoms with van der Waals surface area (Å²) in [6, 6.07) is 0. The minimum Gasteiger partial charge on any atom is -0.282 e. The van der Waals surface area contributed by atoms with Crippen LogP contribution in [0.15, 0.2) is 17.7 Å². The summed E-state index contributed by atoms with van der Waals surface area (Å²) in [7, 11) is 0. The Morgan fingerprint density at radius 3 is 3.14 bits per heavy atom. The van der Waals surface area contributed by atoms with E-state index in [1.807, 2.05) is 0 Å². The second-order valence-electron chi connectivity index (χ2n) is 4.13. The van der Waals surface area contributed by atoms with Crippen LogP contribution in [-0.4, -0.2) is 10.2 Å². The van der Waals surface area contributed by atoms with Crippen LogP contribution in [-0.2, 0) is 6.42 Å². The molecule has 2 aliphatic rings. The molecule has 0 aromatic carbocycles. The molecule has 2 nitrogen and oxygen atoms in total. The summed E-state index contributed by atoms with van der Waals surface area (Å²) in [4.78, 5) is 0. The molecule has 0 spiro atoms. The zero-order valence-corrected chi connectivity index (χ0v) is 8.43. The van der Waals surface area contributed by atoms with E-state index in [9.17, 15) is 0 Å². The number of allylic oxidation sites excluding steroid dienone is 4. The number of aromatic nitrogens is 2. The molecule has 2 heteroatoms. The largest absolute Gasteiger partial charge is 0.282 e. The van der Waals surface area contributed by atoms with E-state index in [1.54, 1.807) is 5.57 Å². The SMILES string of the molecule is Cc1[nH]nc2c1CCC1=C2C=CCC1. The first-order chi connectivity index (χ1) is 6.86. The molecule has 1 N–H and O–H groups in total. The molecule has 72 valence electrons. The number of nitrogens with zero attached hydrogens (tertiary/aromatic N) is 1. The maximum Gasteiger partial charge on any atom is 0.0954 e. The first-order valence-electron chi connectivity index (χ1n) is 5.29. The first-order valence-corrected chi connectivity index (χ1v) is 5.29. The predicted octanol–water partition coefficient (Wildman–Crippen LogP) is 2.77. The third kappa shape index (κ3) is 0.999. The van der Waals surface area contributed by atoms with Crippen LogP contribution in [0.3, 0.4) is 0 Å². The second-order valence-corrected chi connectivity index (χ2v) is 4.13. The number of aryl methyl sites for hydroxylation is 1. The summed E-state index contributed by atoms with van der Waals surface area (Å²) < 4.78 is 0. The van der Waals surface area contributed by atoms with Crippen molar-refractivity contribution in [2.45, 2.75) is 32.6 Å². The van der Waals surface area contributed by atoms with Crippen molar-refractivity contribution in [1.29, 1.82) is 0 Å². The normalized spacial score (nSPS) is 19.5. The molecule has 0 radical (unpaired) electrons. The smallest absolute Gasteiger partial charge is 0.0954 e. The highest BCUT2D eigenvalue weighted by molar-refractivity contribution is 5.79. The Labute approximate surface area is 83.7 Å². The van der Waals surface area contributed by atoms with E-state index in [0.29, 0.717) is 0 Å². The fourth-order valence-electron chi connectivity index (χ4n) is 2.47. The van der Waals surface area contributed by atoms with E-state index in [4.69, 9.17) is 0 Å². The van der Waals surface area contributed by atoms with Gasteiger partial charge in [-0.3, -0.25) is 5.10 Å². The van der Waals surface area contributed by atoms with Gasteiger partial charge < -0.3 is 0 Å². The van der Waals surface area contributed by atoms with Gasteiger partial charge in [-0.15, -0.1) is 0 Å². The van der Waals surface area contributed by atoms with Gasteiger partial charge in [-0.05, 0) is 32.6 Å². The third-order valence-electron chi connectivity index (χ3n) is 3.28. The molecule has 0 aliphatic heterocycles. The van der Waals surface area contributed by atoms with E-state index in [1.165, 1.54) is 48.2 Å². The van der Waals surface area contributed by atoms with Crippen LogP contribution < -0.4 is 0 Å². The van der Waals surface area contributed by atoms with Gasteiger partial charge in [0, 0.05) is 16.8 Å². The standard InChI is InChI=1S/C12H14N2/c1-8-10-7-6-9-4-2-3-5-11(9)12(10)14-13-8/h3,5H,2,4,6-7H2,1H3,(H,13,14). The number of nitrogens with one attached hydrogen (secondary N) is 1. The van der Waals surface area contributed by atoms with Gasteiger partial charge >= 0.3 is 0 Å². The van der Waals surface area contributed by atoms with Crippen LogP contribution >= 0.6 is 0 Å². The highest BCUT2D eigenvalue weighted by Gasteiger charge is 2.22. The molecule has 2 aliphatic carbocycles. The van der Waals surface area contributed by atoms with Gasteiger partial charge in [0.15, 0.2) is 0 Å².